The highest BCUT2D eigenvalue weighted by Crippen LogP contribution is 2.36. The monoisotopic (exact) mass is 880 g/mol. The number of aromatic nitrogens is 1. The average molecular weight is 881 g/mol. The van der Waals surface area contributed by atoms with Gasteiger partial charge in [0.2, 0.25) is 0 Å². The highest BCUT2D eigenvalue weighted by Gasteiger charge is 2.58. The molecule has 4 heterocycles. The van der Waals surface area contributed by atoms with Crippen LogP contribution in [0.15, 0.2) is 28.7 Å². The van der Waals surface area contributed by atoms with Gasteiger partial charge in [-0.1, -0.05) is 5.16 Å². The zero-order valence-electron chi connectivity index (χ0n) is 34.8. The van der Waals surface area contributed by atoms with E-state index in [9.17, 15) is 32.1 Å². The van der Waals surface area contributed by atoms with E-state index in [2.05, 4.69) is 35.7 Å². The van der Waals surface area contributed by atoms with Gasteiger partial charge >= 0.3 is 22.5 Å². The lowest BCUT2D eigenvalue weighted by molar-refractivity contribution is -0.218. The molecular formula is C37H52N8O13S2. The fourth-order valence-electron chi connectivity index (χ4n) is 6.20. The number of rotatable bonds is 13. The predicted molar refractivity (Wildman–Crippen MR) is 216 cm³/mol. The number of nitrogens with zero attached hydrogens (tertiary/aromatic N) is 3. The number of hydrogen-bond acceptors (Lipinski definition) is 17. The molecule has 6 N–H and O–H groups in total. The Balaban J connectivity index is 1.43. The first-order chi connectivity index (χ1) is 27.8. The van der Waals surface area contributed by atoms with Crippen molar-refractivity contribution in [1.82, 2.24) is 26.0 Å². The van der Waals surface area contributed by atoms with Gasteiger partial charge in [0, 0.05) is 30.6 Å². The molecular weight excluding hydrogens is 829 g/mol. The summed E-state index contributed by atoms with van der Waals surface area (Å²) in [6.45, 7) is 16.6. The van der Waals surface area contributed by atoms with Gasteiger partial charge in [0.25, 0.3) is 17.4 Å². The van der Waals surface area contributed by atoms with Crippen LogP contribution >= 0.6 is 11.3 Å². The van der Waals surface area contributed by atoms with Crippen molar-refractivity contribution >= 4 is 62.3 Å². The van der Waals surface area contributed by atoms with Crippen LogP contribution in [-0.4, -0.2) is 125 Å². The molecule has 21 nitrogen and oxygen atoms in total. The van der Waals surface area contributed by atoms with Crippen LogP contribution < -0.4 is 26.0 Å². The van der Waals surface area contributed by atoms with Gasteiger partial charge < -0.3 is 39.7 Å². The number of carbonyl (C=O) groups is 4. The van der Waals surface area contributed by atoms with Crippen LogP contribution in [-0.2, 0) is 54.5 Å². The van der Waals surface area contributed by atoms with E-state index in [-0.39, 0.29) is 29.2 Å². The summed E-state index contributed by atoms with van der Waals surface area (Å²) in [5, 5.41) is 25.8. The fraction of sp³-hybridized carbons (Fsp3) is 0.595. The predicted octanol–water partition coefficient (Wildman–Crippen LogP) is 2.45. The number of nitrogens with one attached hydrogen (secondary N) is 5. The van der Waals surface area contributed by atoms with Gasteiger partial charge in [-0.05, 0) is 98.9 Å². The lowest BCUT2D eigenvalue weighted by atomic mass is 9.84. The van der Waals surface area contributed by atoms with Gasteiger partial charge in [-0.3, -0.25) is 24.9 Å². The standard InChI is InChI=1S/C37H52N8O13S2/c1-34(2,3)55-31(48)37(9,25-13-11-20-16-21(10-12-24(20)54-25)28(38)40-18-22-17-39-14-15-53-22)57-44-26(23-19-59-32(41-23)43-33(49)56-35(4,5)6)29(46)42-27-30(47)45(36(27,7)8)58-60(50,51)52/h10,12,16,19,22,25,27,39H,11,13-15,17-18H2,1-9H3,(H2,38,40)(H,42,46)(H,41,43,49)(H,50,51,52)/b44-26-/t22-,25+,27+,37-/m0/s1. The molecule has 3 amide bonds. The van der Waals surface area contributed by atoms with Crippen LogP contribution in [0.4, 0.5) is 9.93 Å². The maximum absolute atomic E-state index is 14.1. The summed E-state index contributed by atoms with van der Waals surface area (Å²) < 4.78 is 59.5. The van der Waals surface area contributed by atoms with E-state index in [1.54, 1.807) is 53.7 Å². The fourth-order valence-corrected chi connectivity index (χ4v) is 7.34. The summed E-state index contributed by atoms with van der Waals surface area (Å²) in [7, 11) is -5.09. The van der Waals surface area contributed by atoms with Gasteiger partial charge in [0.05, 0.1) is 18.2 Å². The van der Waals surface area contributed by atoms with Crippen LogP contribution in [0.25, 0.3) is 0 Å². The second kappa shape index (κ2) is 17.6. The number of benzene rings is 1. The summed E-state index contributed by atoms with van der Waals surface area (Å²) in [5.74, 6) is -2.34. The zero-order valence-corrected chi connectivity index (χ0v) is 36.4. The van der Waals surface area contributed by atoms with Crippen molar-refractivity contribution in [3.63, 3.8) is 0 Å². The largest absolute Gasteiger partial charge is 0.485 e. The topological polar surface area (TPSA) is 278 Å². The van der Waals surface area contributed by atoms with Crippen molar-refractivity contribution in [1.29, 1.82) is 5.41 Å². The molecule has 330 valence electrons. The summed E-state index contributed by atoms with van der Waals surface area (Å²) in [6.07, 6.45) is -1.34. The van der Waals surface area contributed by atoms with Crippen molar-refractivity contribution in [2.75, 3.05) is 31.6 Å². The van der Waals surface area contributed by atoms with Crippen LogP contribution in [0.1, 0.15) is 85.6 Å². The second-order valence-electron chi connectivity index (χ2n) is 16.9. The van der Waals surface area contributed by atoms with Crippen LogP contribution in [0, 0.1) is 5.41 Å². The number of hydroxylamine groups is 2. The van der Waals surface area contributed by atoms with Crippen LogP contribution in [0.2, 0.25) is 0 Å². The summed E-state index contributed by atoms with van der Waals surface area (Å²) >= 11 is 0.902. The van der Waals surface area contributed by atoms with Gasteiger partial charge in [-0.25, -0.2) is 14.6 Å². The number of aryl methyl sites for hydroxylation is 1. The maximum Gasteiger partial charge on any atom is 0.418 e. The van der Waals surface area contributed by atoms with E-state index in [0.29, 0.717) is 42.5 Å². The number of thiazole rings is 1. The molecule has 0 bridgehead atoms. The average Bonchev–Trinajstić information content (AvgIpc) is 3.60. The number of morpholine rings is 1. The number of amides is 3. The number of fused-ring (bicyclic) bond motifs is 1. The molecule has 0 unspecified atom stereocenters. The quantitative estimate of drug-likeness (QED) is 0.0421. The minimum Gasteiger partial charge on any atom is -0.485 e. The van der Waals surface area contributed by atoms with Gasteiger partial charge in [0.1, 0.15) is 34.5 Å². The van der Waals surface area contributed by atoms with E-state index < -0.39 is 74.5 Å². The normalized spacial score (nSPS) is 21.6. The lowest BCUT2D eigenvalue weighted by Crippen LogP contribution is -2.76. The minimum absolute atomic E-state index is 0.00312. The first kappa shape index (κ1) is 46.1. The number of esters is 1. The third kappa shape index (κ3) is 11.5. The van der Waals surface area contributed by atoms with Gasteiger partial charge in [0.15, 0.2) is 16.9 Å². The van der Waals surface area contributed by atoms with E-state index in [1.165, 1.54) is 26.2 Å². The highest BCUT2D eigenvalue weighted by atomic mass is 32.3. The number of amidine groups is 1. The van der Waals surface area contributed by atoms with Crippen molar-refractivity contribution in [3.8, 4) is 5.75 Å². The number of ether oxygens (including phenoxy) is 4. The molecule has 1 aromatic carbocycles. The number of anilines is 1. The molecule has 0 aliphatic carbocycles. The van der Waals surface area contributed by atoms with Gasteiger partial charge in [-0.15, -0.1) is 15.6 Å². The Morgan fingerprint density at radius 2 is 1.83 bits per heavy atom. The van der Waals surface area contributed by atoms with Crippen molar-refractivity contribution < 1.29 is 60.2 Å². The van der Waals surface area contributed by atoms with Gasteiger partial charge in [-0.2, -0.15) is 13.5 Å². The Hall–Kier alpha value is -4.94. The Bertz CT molecular complexity index is 2120. The van der Waals surface area contributed by atoms with E-state index in [4.69, 9.17) is 29.2 Å². The molecule has 2 saturated heterocycles. The van der Waals surface area contributed by atoms with Crippen molar-refractivity contribution in [2.24, 2.45) is 5.16 Å². The molecule has 0 radical (unpaired) electrons. The third-order valence-electron chi connectivity index (χ3n) is 9.24. The summed E-state index contributed by atoms with van der Waals surface area (Å²) in [5.41, 5.74) is -4.67. The van der Waals surface area contributed by atoms with Crippen molar-refractivity contribution in [2.45, 2.75) is 116 Å². The molecule has 60 heavy (non-hydrogen) atoms. The molecule has 4 atom stereocenters. The minimum atomic E-state index is -5.09. The first-order valence-corrected chi connectivity index (χ1v) is 21.2. The maximum atomic E-state index is 14.1. The molecule has 2 aromatic rings. The Kier molecular flexibility index (Phi) is 13.5. The van der Waals surface area contributed by atoms with E-state index >= 15 is 0 Å². The second-order valence-corrected chi connectivity index (χ2v) is 18.8. The molecule has 1 aromatic heterocycles. The highest BCUT2D eigenvalue weighted by molar-refractivity contribution is 7.80. The Labute approximate surface area is 351 Å². The number of β-lactam (4-membered cyclic amide) rings is 1. The van der Waals surface area contributed by atoms with E-state index in [0.717, 1.165) is 23.4 Å². The molecule has 23 heteroatoms. The third-order valence-corrected chi connectivity index (χ3v) is 10.3. The molecule has 2 fully saturated rings. The molecule has 5 rings (SSSR count). The summed E-state index contributed by atoms with van der Waals surface area (Å²) in [6, 6.07) is 3.82. The molecule has 0 saturated carbocycles. The molecule has 0 spiro atoms. The zero-order chi connectivity index (χ0) is 44.4. The number of hydrogen-bond donors (Lipinski definition) is 6. The SMILES string of the molecule is CC(C)(C)OC(=O)Nc1nc(/C(=N/O[C@](C)(C(=O)OC(C)(C)C)[C@H]2CCc3cc(C(=N)NC[C@@H]4CNCCO4)ccc3O2)C(=O)N[C@@H]2C(=O)N(OS(=O)(=O)O)C2(C)C)cs1. The summed E-state index contributed by atoms with van der Waals surface area (Å²) in [4.78, 5) is 63.9. The number of carbonyl (C=O) groups excluding carboxylic acids is 4. The lowest BCUT2D eigenvalue weighted by Gasteiger charge is -2.50. The molecule has 3 aliphatic rings. The van der Waals surface area contributed by atoms with Crippen LogP contribution in [0.3, 0.4) is 0 Å². The van der Waals surface area contributed by atoms with Crippen LogP contribution in [0.5, 0.6) is 5.75 Å². The molecule has 3 aliphatic heterocycles. The first-order valence-electron chi connectivity index (χ1n) is 19.0. The Morgan fingerprint density at radius 3 is 2.45 bits per heavy atom. The Morgan fingerprint density at radius 1 is 1.13 bits per heavy atom. The van der Waals surface area contributed by atoms with E-state index in [1.807, 2.05) is 6.07 Å². The van der Waals surface area contributed by atoms with Crippen molar-refractivity contribution in [3.05, 3.63) is 40.4 Å². The smallest absolute Gasteiger partial charge is 0.418 e. The number of oxime groups is 1.